The Morgan fingerprint density at radius 2 is 2.21 bits per heavy atom. The Morgan fingerprint density at radius 3 is 2.89 bits per heavy atom. The molecule has 2 N–H and O–H groups in total. The zero-order chi connectivity index (χ0) is 14.0. The number of hydrogen-bond acceptors (Lipinski definition) is 4. The third-order valence-corrected chi connectivity index (χ3v) is 4.59. The molecule has 4 nitrogen and oxygen atoms in total. The van der Waals surface area contributed by atoms with Gasteiger partial charge in [0.25, 0.3) is 0 Å². The molecular formula is C14H21NO3S. The Bertz CT molecular complexity index is 554. The van der Waals surface area contributed by atoms with E-state index in [1.165, 1.54) is 11.8 Å². The van der Waals surface area contributed by atoms with Gasteiger partial charge in [-0.2, -0.15) is 0 Å². The van der Waals surface area contributed by atoms with Crippen LogP contribution < -0.4 is 5.32 Å². The number of rotatable bonds is 4. The quantitative estimate of drug-likeness (QED) is 0.884. The topological polar surface area (TPSA) is 66.4 Å². The predicted octanol–water partition coefficient (Wildman–Crippen LogP) is 1.79. The lowest BCUT2D eigenvalue weighted by atomic mass is 9.87. The minimum atomic E-state index is -2.97. The number of phenols is 1. The maximum absolute atomic E-state index is 11.3. The first-order chi connectivity index (χ1) is 8.85. The van der Waals surface area contributed by atoms with Crippen molar-refractivity contribution >= 4 is 9.84 Å². The molecule has 19 heavy (non-hydrogen) atoms. The maximum atomic E-state index is 11.3. The number of hydrogen-bond donors (Lipinski definition) is 2. The van der Waals surface area contributed by atoms with Crippen molar-refractivity contribution < 1.29 is 13.5 Å². The van der Waals surface area contributed by atoms with Crippen LogP contribution in [0.3, 0.4) is 0 Å². The van der Waals surface area contributed by atoms with E-state index in [0.29, 0.717) is 0 Å². The number of sulfone groups is 1. The van der Waals surface area contributed by atoms with Crippen molar-refractivity contribution in [2.45, 2.75) is 38.3 Å². The van der Waals surface area contributed by atoms with Gasteiger partial charge < -0.3 is 10.4 Å². The largest absolute Gasteiger partial charge is 0.508 e. The lowest BCUT2D eigenvalue weighted by Gasteiger charge is -2.29. The summed E-state index contributed by atoms with van der Waals surface area (Å²) in [4.78, 5) is 0. The van der Waals surface area contributed by atoms with E-state index in [9.17, 15) is 13.5 Å². The van der Waals surface area contributed by atoms with Crippen LogP contribution in [-0.4, -0.2) is 31.6 Å². The molecule has 0 aliphatic heterocycles. The van der Waals surface area contributed by atoms with Gasteiger partial charge in [0, 0.05) is 18.3 Å². The molecule has 0 radical (unpaired) electrons. The summed E-state index contributed by atoms with van der Waals surface area (Å²) in [6.07, 6.45) is 4.34. The zero-order valence-corrected chi connectivity index (χ0v) is 12.2. The third kappa shape index (κ3) is 3.94. The van der Waals surface area contributed by atoms with Crippen molar-refractivity contribution in [2.24, 2.45) is 0 Å². The fraction of sp³-hybridized carbons (Fsp3) is 0.571. The van der Waals surface area contributed by atoms with Crippen LogP contribution in [-0.2, 0) is 16.3 Å². The molecule has 1 aliphatic carbocycles. The van der Waals surface area contributed by atoms with Crippen LogP contribution in [0.25, 0.3) is 0 Å². The minimum Gasteiger partial charge on any atom is -0.508 e. The van der Waals surface area contributed by atoms with E-state index in [1.54, 1.807) is 12.1 Å². The summed E-state index contributed by atoms with van der Waals surface area (Å²) < 4.78 is 22.6. The summed E-state index contributed by atoms with van der Waals surface area (Å²) >= 11 is 0. The van der Waals surface area contributed by atoms with Crippen LogP contribution in [0.1, 0.15) is 36.9 Å². The van der Waals surface area contributed by atoms with Gasteiger partial charge in [0.2, 0.25) is 0 Å². The molecule has 1 aromatic rings. The number of fused-ring (bicyclic) bond motifs is 1. The number of aromatic hydroxyl groups is 1. The molecule has 2 atom stereocenters. The standard InChI is InChI=1S/C14H21NO3S/c1-10(9-19(2,17)18)15-14-5-3-4-11-6-7-12(16)8-13(11)14/h6-8,10,14-16H,3-5,9H2,1-2H3. The van der Waals surface area contributed by atoms with Crippen molar-refractivity contribution in [3.8, 4) is 5.75 Å². The highest BCUT2D eigenvalue weighted by Crippen LogP contribution is 2.32. The minimum absolute atomic E-state index is 0.0895. The summed E-state index contributed by atoms with van der Waals surface area (Å²) in [6.45, 7) is 1.89. The summed E-state index contributed by atoms with van der Waals surface area (Å²) in [5, 5.41) is 13.0. The first-order valence-electron chi connectivity index (χ1n) is 6.61. The van der Waals surface area contributed by atoms with Gasteiger partial charge in [-0.15, -0.1) is 0 Å². The maximum Gasteiger partial charge on any atom is 0.148 e. The Morgan fingerprint density at radius 1 is 1.47 bits per heavy atom. The van der Waals surface area contributed by atoms with Crippen LogP contribution >= 0.6 is 0 Å². The van der Waals surface area contributed by atoms with E-state index in [2.05, 4.69) is 5.32 Å². The molecule has 0 saturated heterocycles. The van der Waals surface area contributed by atoms with E-state index in [-0.39, 0.29) is 23.6 Å². The van der Waals surface area contributed by atoms with E-state index < -0.39 is 9.84 Å². The number of nitrogens with one attached hydrogen (secondary N) is 1. The van der Waals surface area contributed by atoms with E-state index >= 15 is 0 Å². The van der Waals surface area contributed by atoms with Crippen LogP contribution in [0.5, 0.6) is 5.75 Å². The zero-order valence-electron chi connectivity index (χ0n) is 11.4. The molecule has 0 saturated carbocycles. The molecule has 1 aliphatic rings. The summed E-state index contributed by atoms with van der Waals surface area (Å²) in [7, 11) is -2.97. The molecule has 2 unspecified atom stereocenters. The summed E-state index contributed by atoms with van der Waals surface area (Å²) in [5.74, 6) is 0.403. The van der Waals surface area contributed by atoms with Crippen molar-refractivity contribution in [3.05, 3.63) is 29.3 Å². The first kappa shape index (κ1) is 14.3. The monoisotopic (exact) mass is 283 g/mol. The van der Waals surface area contributed by atoms with Gasteiger partial charge in [-0.05, 0) is 49.4 Å². The van der Waals surface area contributed by atoms with Gasteiger partial charge in [0.05, 0.1) is 5.75 Å². The van der Waals surface area contributed by atoms with E-state index in [4.69, 9.17) is 0 Å². The summed E-state index contributed by atoms with van der Waals surface area (Å²) in [6, 6.07) is 5.50. The smallest absolute Gasteiger partial charge is 0.148 e. The predicted molar refractivity (Wildman–Crippen MR) is 76.1 cm³/mol. The highest BCUT2D eigenvalue weighted by atomic mass is 32.2. The van der Waals surface area contributed by atoms with E-state index in [1.807, 2.05) is 13.0 Å². The number of benzene rings is 1. The SMILES string of the molecule is CC(CS(C)(=O)=O)NC1CCCc2ccc(O)cc21. The highest BCUT2D eigenvalue weighted by molar-refractivity contribution is 7.90. The van der Waals surface area contributed by atoms with E-state index in [0.717, 1.165) is 24.8 Å². The third-order valence-electron chi connectivity index (χ3n) is 3.48. The van der Waals surface area contributed by atoms with Crippen LogP contribution in [0, 0.1) is 0 Å². The highest BCUT2D eigenvalue weighted by Gasteiger charge is 2.23. The van der Waals surface area contributed by atoms with Gasteiger partial charge in [-0.1, -0.05) is 6.07 Å². The van der Waals surface area contributed by atoms with Gasteiger partial charge in [0.1, 0.15) is 15.6 Å². The second-order valence-electron chi connectivity index (χ2n) is 5.49. The second-order valence-corrected chi connectivity index (χ2v) is 7.67. The lowest BCUT2D eigenvalue weighted by molar-refractivity contribution is 0.417. The second kappa shape index (κ2) is 5.51. The Labute approximate surface area is 114 Å². The van der Waals surface area contributed by atoms with Gasteiger partial charge >= 0.3 is 0 Å². The molecule has 1 aromatic carbocycles. The Kier molecular flexibility index (Phi) is 4.16. The number of phenolic OH excluding ortho intramolecular Hbond substituents is 1. The molecular weight excluding hydrogens is 262 g/mol. The first-order valence-corrected chi connectivity index (χ1v) is 8.67. The average Bonchev–Trinajstić information content (AvgIpc) is 2.27. The van der Waals surface area contributed by atoms with Crippen LogP contribution in [0.4, 0.5) is 0 Å². The van der Waals surface area contributed by atoms with Gasteiger partial charge in [-0.3, -0.25) is 0 Å². The van der Waals surface area contributed by atoms with Gasteiger partial charge in [-0.25, -0.2) is 8.42 Å². The normalized spacial score (nSPS) is 20.8. The van der Waals surface area contributed by atoms with Crippen molar-refractivity contribution in [1.82, 2.24) is 5.32 Å². The molecule has 106 valence electrons. The molecule has 0 aromatic heterocycles. The van der Waals surface area contributed by atoms with Crippen molar-refractivity contribution in [3.63, 3.8) is 0 Å². The Hall–Kier alpha value is -1.07. The molecule has 2 rings (SSSR count). The lowest BCUT2D eigenvalue weighted by Crippen LogP contribution is -2.37. The Balaban J connectivity index is 2.13. The molecule has 0 heterocycles. The molecule has 0 amide bonds. The fourth-order valence-corrected chi connectivity index (χ4v) is 3.81. The van der Waals surface area contributed by atoms with Gasteiger partial charge in [0.15, 0.2) is 0 Å². The van der Waals surface area contributed by atoms with Crippen LogP contribution in [0.2, 0.25) is 0 Å². The summed E-state index contributed by atoms with van der Waals surface area (Å²) in [5.41, 5.74) is 2.35. The molecule has 5 heteroatoms. The van der Waals surface area contributed by atoms with Crippen molar-refractivity contribution in [1.29, 1.82) is 0 Å². The average molecular weight is 283 g/mol. The molecule has 0 bridgehead atoms. The molecule has 0 spiro atoms. The number of aryl methyl sites for hydroxylation is 1. The molecule has 0 fully saturated rings. The van der Waals surface area contributed by atoms with Crippen molar-refractivity contribution in [2.75, 3.05) is 12.0 Å². The fourth-order valence-electron chi connectivity index (χ4n) is 2.81. The van der Waals surface area contributed by atoms with Crippen LogP contribution in [0.15, 0.2) is 18.2 Å².